The van der Waals surface area contributed by atoms with Gasteiger partial charge in [-0.15, -0.1) is 11.3 Å². The van der Waals surface area contributed by atoms with E-state index in [-0.39, 0.29) is 0 Å². The molecule has 3 nitrogen and oxygen atoms in total. The molecule has 1 heterocycles. The van der Waals surface area contributed by atoms with Gasteiger partial charge in [0, 0.05) is 24.5 Å². The van der Waals surface area contributed by atoms with E-state index in [1.807, 2.05) is 0 Å². The molecule has 0 saturated carbocycles. The van der Waals surface area contributed by atoms with E-state index in [0.717, 1.165) is 23.9 Å². The van der Waals surface area contributed by atoms with Crippen molar-refractivity contribution in [1.29, 1.82) is 0 Å². The number of aromatic nitrogens is 1. The van der Waals surface area contributed by atoms with Gasteiger partial charge in [0.1, 0.15) is 0 Å². The minimum absolute atomic E-state index is 0.521. The maximum absolute atomic E-state index is 4.67. The summed E-state index contributed by atoms with van der Waals surface area (Å²) in [4.78, 5) is 8.31. The molecule has 0 aliphatic heterocycles. The second-order valence-electron chi connectivity index (χ2n) is 4.88. The molecule has 0 radical (unpaired) electrons. The first-order valence-electron chi connectivity index (χ1n) is 6.37. The Morgan fingerprint density at radius 3 is 2.53 bits per heavy atom. The summed E-state index contributed by atoms with van der Waals surface area (Å²) in [6, 6.07) is 0.521. The van der Waals surface area contributed by atoms with Gasteiger partial charge >= 0.3 is 0 Å². The Labute approximate surface area is 109 Å². The lowest BCUT2D eigenvalue weighted by Gasteiger charge is -2.27. The highest BCUT2D eigenvalue weighted by molar-refractivity contribution is 7.15. The lowest BCUT2D eigenvalue weighted by molar-refractivity contribution is 0.505. The average Bonchev–Trinajstić information content (AvgIpc) is 2.66. The molecular weight excluding hydrogens is 230 g/mol. The van der Waals surface area contributed by atoms with E-state index in [4.69, 9.17) is 0 Å². The van der Waals surface area contributed by atoms with Gasteiger partial charge in [-0.05, 0) is 26.3 Å². The monoisotopic (exact) mass is 255 g/mol. The van der Waals surface area contributed by atoms with Crippen molar-refractivity contribution in [1.82, 2.24) is 10.3 Å². The summed E-state index contributed by atoms with van der Waals surface area (Å²) in [5.41, 5.74) is 1.16. The number of nitrogens with zero attached hydrogens (tertiary/aromatic N) is 2. The highest BCUT2D eigenvalue weighted by atomic mass is 32.1. The molecule has 1 N–H and O–H groups in total. The number of rotatable bonds is 6. The fourth-order valence-corrected chi connectivity index (χ4v) is 2.67. The van der Waals surface area contributed by atoms with Crippen LogP contribution in [0.3, 0.4) is 0 Å². The number of hydrogen-bond donors (Lipinski definition) is 1. The van der Waals surface area contributed by atoms with Crippen LogP contribution < -0.4 is 10.2 Å². The Hall–Kier alpha value is -0.610. The molecule has 0 aliphatic carbocycles. The van der Waals surface area contributed by atoms with E-state index < -0.39 is 0 Å². The third-order valence-electron chi connectivity index (χ3n) is 3.29. The normalized spacial score (nSPS) is 13.1. The first-order valence-corrected chi connectivity index (χ1v) is 7.18. The van der Waals surface area contributed by atoms with Gasteiger partial charge < -0.3 is 10.2 Å². The molecule has 1 aromatic heterocycles. The van der Waals surface area contributed by atoms with Crippen molar-refractivity contribution in [3.63, 3.8) is 0 Å². The maximum atomic E-state index is 4.67. The zero-order valence-electron chi connectivity index (χ0n) is 11.9. The van der Waals surface area contributed by atoms with Crippen LogP contribution in [-0.4, -0.2) is 24.6 Å². The van der Waals surface area contributed by atoms with E-state index in [2.05, 4.69) is 56.9 Å². The molecule has 17 heavy (non-hydrogen) atoms. The third-order valence-corrected chi connectivity index (χ3v) is 4.54. The summed E-state index contributed by atoms with van der Waals surface area (Å²) < 4.78 is 0. The van der Waals surface area contributed by atoms with Crippen LogP contribution in [0, 0.1) is 12.8 Å². The Morgan fingerprint density at radius 2 is 2.00 bits per heavy atom. The van der Waals surface area contributed by atoms with Crippen molar-refractivity contribution in [3.8, 4) is 0 Å². The maximum Gasteiger partial charge on any atom is 0.185 e. The number of aryl methyl sites for hydroxylation is 1. The Morgan fingerprint density at radius 1 is 1.35 bits per heavy atom. The summed E-state index contributed by atoms with van der Waals surface area (Å²) in [5, 5.41) is 4.50. The van der Waals surface area contributed by atoms with Crippen LogP contribution in [0.1, 0.15) is 38.3 Å². The van der Waals surface area contributed by atoms with Gasteiger partial charge in [-0.1, -0.05) is 20.8 Å². The summed E-state index contributed by atoms with van der Waals surface area (Å²) in [6.45, 7) is 12.9. The summed E-state index contributed by atoms with van der Waals surface area (Å²) >= 11 is 1.81. The molecule has 1 rings (SSSR count). The molecule has 0 spiro atoms. The van der Waals surface area contributed by atoms with Crippen LogP contribution in [0.2, 0.25) is 0 Å². The number of anilines is 1. The molecule has 0 aliphatic rings. The largest absolute Gasteiger partial charge is 0.348 e. The molecule has 1 unspecified atom stereocenters. The van der Waals surface area contributed by atoms with Gasteiger partial charge in [-0.2, -0.15) is 0 Å². The van der Waals surface area contributed by atoms with Gasteiger partial charge in [-0.3, -0.25) is 0 Å². The van der Waals surface area contributed by atoms with Crippen molar-refractivity contribution in [2.45, 2.75) is 47.2 Å². The lowest BCUT2D eigenvalue weighted by Crippen LogP contribution is -2.32. The van der Waals surface area contributed by atoms with Gasteiger partial charge in [-0.25, -0.2) is 4.98 Å². The smallest absolute Gasteiger partial charge is 0.185 e. The predicted octanol–water partition coefficient (Wildman–Crippen LogP) is 3.04. The van der Waals surface area contributed by atoms with Crippen LogP contribution in [0.25, 0.3) is 0 Å². The fourth-order valence-electron chi connectivity index (χ4n) is 1.59. The number of hydrogen-bond acceptors (Lipinski definition) is 4. The molecule has 0 aromatic carbocycles. The van der Waals surface area contributed by atoms with Gasteiger partial charge in [0.15, 0.2) is 5.13 Å². The van der Waals surface area contributed by atoms with Gasteiger partial charge in [0.2, 0.25) is 0 Å². The average molecular weight is 255 g/mol. The van der Waals surface area contributed by atoms with Crippen molar-refractivity contribution >= 4 is 16.5 Å². The second kappa shape index (κ2) is 6.36. The highest BCUT2D eigenvalue weighted by Crippen LogP contribution is 2.27. The first kappa shape index (κ1) is 14.5. The molecule has 98 valence electrons. The van der Waals surface area contributed by atoms with E-state index >= 15 is 0 Å². The van der Waals surface area contributed by atoms with Crippen LogP contribution >= 0.6 is 11.3 Å². The Kier molecular flexibility index (Phi) is 5.40. The van der Waals surface area contributed by atoms with E-state index in [1.54, 1.807) is 11.3 Å². The van der Waals surface area contributed by atoms with Crippen molar-refractivity contribution in [3.05, 3.63) is 10.6 Å². The Bertz CT molecular complexity index is 346. The molecule has 4 heteroatoms. The zero-order chi connectivity index (χ0) is 13.0. The third kappa shape index (κ3) is 3.68. The first-order chi connectivity index (χ1) is 7.97. The zero-order valence-corrected chi connectivity index (χ0v) is 12.7. The molecule has 0 bridgehead atoms. The minimum Gasteiger partial charge on any atom is -0.348 e. The highest BCUT2D eigenvalue weighted by Gasteiger charge is 2.17. The van der Waals surface area contributed by atoms with Crippen molar-refractivity contribution in [2.24, 2.45) is 5.92 Å². The standard InChI is InChI=1S/C13H25N3S/c1-7-14-8-12-10(4)15-13(17-12)16(6)11(5)9(2)3/h9,11,14H,7-8H2,1-6H3. The number of nitrogens with one attached hydrogen (secondary N) is 1. The quantitative estimate of drug-likeness (QED) is 0.847. The van der Waals surface area contributed by atoms with E-state index in [9.17, 15) is 0 Å². The molecular formula is C13H25N3S. The van der Waals surface area contributed by atoms with Gasteiger partial charge in [0.05, 0.1) is 5.69 Å². The van der Waals surface area contributed by atoms with Crippen LogP contribution in [0.15, 0.2) is 0 Å². The van der Waals surface area contributed by atoms with Crippen molar-refractivity contribution < 1.29 is 0 Å². The lowest BCUT2D eigenvalue weighted by atomic mass is 10.1. The predicted molar refractivity (Wildman–Crippen MR) is 76.9 cm³/mol. The van der Waals surface area contributed by atoms with Gasteiger partial charge in [0.25, 0.3) is 0 Å². The molecule has 1 atom stereocenters. The second-order valence-corrected chi connectivity index (χ2v) is 5.94. The Balaban J connectivity index is 2.78. The summed E-state index contributed by atoms with van der Waals surface area (Å²) in [6.07, 6.45) is 0. The molecule has 0 saturated heterocycles. The van der Waals surface area contributed by atoms with E-state index in [0.29, 0.717) is 12.0 Å². The van der Waals surface area contributed by atoms with Crippen LogP contribution in [0.4, 0.5) is 5.13 Å². The summed E-state index contributed by atoms with van der Waals surface area (Å²) in [7, 11) is 2.14. The van der Waals surface area contributed by atoms with E-state index in [1.165, 1.54) is 4.88 Å². The van der Waals surface area contributed by atoms with Crippen molar-refractivity contribution in [2.75, 3.05) is 18.5 Å². The molecule has 0 fully saturated rings. The minimum atomic E-state index is 0.521. The molecule has 1 aromatic rings. The summed E-state index contributed by atoms with van der Waals surface area (Å²) in [5.74, 6) is 0.640. The SMILES string of the molecule is CCNCc1sc(N(C)C(C)C(C)C)nc1C. The topological polar surface area (TPSA) is 28.2 Å². The van der Waals surface area contributed by atoms with Crippen LogP contribution in [-0.2, 0) is 6.54 Å². The number of thiazole rings is 1. The molecule has 0 amide bonds. The fraction of sp³-hybridized carbons (Fsp3) is 0.769. The van der Waals surface area contributed by atoms with Crippen LogP contribution in [0.5, 0.6) is 0 Å².